The maximum absolute atomic E-state index is 9.20. The van der Waals surface area contributed by atoms with E-state index in [1.807, 2.05) is 13.8 Å². The molecular formula is C10H15Cl3N2O. The number of hydrogen-bond acceptors (Lipinski definition) is 3. The number of pyridine rings is 1. The van der Waals surface area contributed by atoms with Crippen LogP contribution in [0.2, 0.25) is 10.3 Å². The lowest BCUT2D eigenvalue weighted by atomic mass is 9.82. The van der Waals surface area contributed by atoms with Crippen molar-refractivity contribution in [1.82, 2.24) is 4.98 Å². The molecule has 1 aromatic heterocycles. The van der Waals surface area contributed by atoms with Gasteiger partial charge in [-0.05, 0) is 6.07 Å². The summed E-state index contributed by atoms with van der Waals surface area (Å²) >= 11 is 11.6. The van der Waals surface area contributed by atoms with Crippen LogP contribution in [0.5, 0.6) is 0 Å². The van der Waals surface area contributed by atoms with Gasteiger partial charge in [0.15, 0.2) is 0 Å². The van der Waals surface area contributed by atoms with E-state index in [4.69, 9.17) is 28.9 Å². The van der Waals surface area contributed by atoms with Gasteiger partial charge in [-0.15, -0.1) is 12.4 Å². The summed E-state index contributed by atoms with van der Waals surface area (Å²) in [7, 11) is 0. The van der Waals surface area contributed by atoms with Crippen LogP contribution in [0.4, 0.5) is 0 Å². The molecule has 16 heavy (non-hydrogen) atoms. The molecule has 6 heteroatoms. The Hall–Kier alpha value is -0.0600. The van der Waals surface area contributed by atoms with Crippen molar-refractivity contribution in [2.45, 2.75) is 19.9 Å². The molecule has 1 aromatic rings. The molecule has 92 valence electrons. The SMILES string of the molecule is CC(C)(CO)[C@@H](N)c1ccc(Cl)nc1Cl.Cl. The predicted octanol–water partition coefficient (Wildman–Crippen LogP) is 2.83. The summed E-state index contributed by atoms with van der Waals surface area (Å²) in [6.07, 6.45) is 0. The summed E-state index contributed by atoms with van der Waals surface area (Å²) in [6, 6.07) is 3.00. The third-order valence-corrected chi connectivity index (χ3v) is 2.94. The van der Waals surface area contributed by atoms with E-state index in [2.05, 4.69) is 4.98 Å². The first-order chi connectivity index (χ1) is 6.88. The van der Waals surface area contributed by atoms with Crippen LogP contribution in [0.1, 0.15) is 25.5 Å². The minimum atomic E-state index is -0.445. The number of aromatic nitrogens is 1. The second kappa shape index (κ2) is 6.03. The number of nitrogens with two attached hydrogens (primary N) is 1. The van der Waals surface area contributed by atoms with Crippen LogP contribution in [0.15, 0.2) is 12.1 Å². The minimum absolute atomic E-state index is 0. The predicted molar refractivity (Wildman–Crippen MR) is 69.3 cm³/mol. The standard InChI is InChI=1S/C10H14Cl2N2O.ClH/c1-10(2,5-15)8(13)6-3-4-7(11)14-9(6)12;/h3-4,8,15H,5,13H2,1-2H3;1H/t8-;/m0./s1. The molecule has 3 nitrogen and oxygen atoms in total. The first-order valence-corrected chi connectivity index (χ1v) is 5.32. The highest BCUT2D eigenvalue weighted by atomic mass is 35.5. The monoisotopic (exact) mass is 284 g/mol. The van der Waals surface area contributed by atoms with Gasteiger partial charge < -0.3 is 10.8 Å². The van der Waals surface area contributed by atoms with Crippen LogP contribution in [-0.4, -0.2) is 16.7 Å². The Kier molecular flexibility index (Phi) is 6.01. The molecule has 0 saturated heterocycles. The van der Waals surface area contributed by atoms with Crippen LogP contribution >= 0.6 is 35.6 Å². The minimum Gasteiger partial charge on any atom is -0.396 e. The highest BCUT2D eigenvalue weighted by molar-refractivity contribution is 6.32. The van der Waals surface area contributed by atoms with E-state index in [1.165, 1.54) is 0 Å². The molecule has 0 saturated carbocycles. The molecule has 0 unspecified atom stereocenters. The summed E-state index contributed by atoms with van der Waals surface area (Å²) in [4.78, 5) is 3.91. The first-order valence-electron chi connectivity index (χ1n) is 4.57. The molecule has 0 bridgehead atoms. The van der Waals surface area contributed by atoms with Gasteiger partial charge in [0, 0.05) is 23.6 Å². The zero-order chi connectivity index (χ0) is 11.6. The summed E-state index contributed by atoms with van der Waals surface area (Å²) in [5.74, 6) is 0. The van der Waals surface area contributed by atoms with Gasteiger partial charge in [0.2, 0.25) is 0 Å². The number of rotatable bonds is 3. The Morgan fingerprint density at radius 3 is 2.44 bits per heavy atom. The topological polar surface area (TPSA) is 59.1 Å². The second-order valence-electron chi connectivity index (χ2n) is 4.14. The number of aliphatic hydroxyl groups is 1. The summed E-state index contributed by atoms with van der Waals surface area (Å²) in [5, 5.41) is 9.82. The van der Waals surface area contributed by atoms with Crippen molar-refractivity contribution < 1.29 is 5.11 Å². The molecule has 0 fully saturated rings. The van der Waals surface area contributed by atoms with E-state index in [0.717, 1.165) is 0 Å². The average molecular weight is 286 g/mol. The third kappa shape index (κ3) is 3.47. The number of hydrogen-bond donors (Lipinski definition) is 2. The zero-order valence-corrected chi connectivity index (χ0v) is 11.4. The average Bonchev–Trinajstić information content (AvgIpc) is 2.17. The van der Waals surface area contributed by atoms with Gasteiger partial charge in [0.1, 0.15) is 10.3 Å². The molecule has 0 spiro atoms. The Balaban J connectivity index is 0.00000225. The summed E-state index contributed by atoms with van der Waals surface area (Å²) in [6.45, 7) is 3.71. The van der Waals surface area contributed by atoms with Gasteiger partial charge in [0.05, 0.1) is 0 Å². The maximum Gasteiger partial charge on any atom is 0.135 e. The molecule has 0 aliphatic carbocycles. The van der Waals surface area contributed by atoms with Crippen LogP contribution in [0.3, 0.4) is 0 Å². The molecule has 3 N–H and O–H groups in total. The van der Waals surface area contributed by atoms with Crippen molar-refractivity contribution in [3.63, 3.8) is 0 Å². The molecule has 1 atom stereocenters. The van der Waals surface area contributed by atoms with Gasteiger partial charge >= 0.3 is 0 Å². The quantitative estimate of drug-likeness (QED) is 0.840. The van der Waals surface area contributed by atoms with Gasteiger partial charge in [0.25, 0.3) is 0 Å². The molecule has 0 aliphatic heterocycles. The van der Waals surface area contributed by atoms with Crippen molar-refractivity contribution in [2.24, 2.45) is 11.1 Å². The molecule has 1 heterocycles. The van der Waals surface area contributed by atoms with Crippen LogP contribution in [0, 0.1) is 5.41 Å². The fourth-order valence-electron chi connectivity index (χ4n) is 1.17. The van der Waals surface area contributed by atoms with Gasteiger partial charge in [-0.2, -0.15) is 0 Å². The van der Waals surface area contributed by atoms with Crippen LogP contribution in [-0.2, 0) is 0 Å². The number of halogens is 3. The second-order valence-corrected chi connectivity index (χ2v) is 4.88. The Bertz CT molecular complexity index is 358. The lowest BCUT2D eigenvalue weighted by Gasteiger charge is -2.29. The van der Waals surface area contributed by atoms with E-state index in [0.29, 0.717) is 10.7 Å². The van der Waals surface area contributed by atoms with Gasteiger partial charge in [-0.25, -0.2) is 4.98 Å². The summed E-state index contributed by atoms with van der Waals surface area (Å²) < 4.78 is 0. The molecular weight excluding hydrogens is 270 g/mol. The highest BCUT2D eigenvalue weighted by Gasteiger charge is 2.28. The van der Waals surface area contributed by atoms with E-state index in [9.17, 15) is 5.11 Å². The van der Waals surface area contributed by atoms with E-state index in [1.54, 1.807) is 12.1 Å². The van der Waals surface area contributed by atoms with E-state index in [-0.39, 0.29) is 30.2 Å². The van der Waals surface area contributed by atoms with Crippen molar-refractivity contribution in [2.75, 3.05) is 6.61 Å². The molecule has 1 rings (SSSR count). The Morgan fingerprint density at radius 2 is 2.00 bits per heavy atom. The van der Waals surface area contributed by atoms with Gasteiger partial charge in [-0.3, -0.25) is 0 Å². The molecule has 0 aromatic carbocycles. The van der Waals surface area contributed by atoms with Crippen molar-refractivity contribution >= 4 is 35.6 Å². The first kappa shape index (κ1) is 15.9. The molecule has 0 aliphatic rings. The highest BCUT2D eigenvalue weighted by Crippen LogP contribution is 2.34. The summed E-state index contributed by atoms with van der Waals surface area (Å²) in [5.41, 5.74) is 6.26. The number of nitrogens with zero attached hydrogens (tertiary/aromatic N) is 1. The van der Waals surface area contributed by atoms with Crippen LogP contribution < -0.4 is 5.73 Å². The lowest BCUT2D eigenvalue weighted by Crippen LogP contribution is -2.32. The third-order valence-electron chi connectivity index (χ3n) is 2.43. The Morgan fingerprint density at radius 1 is 1.44 bits per heavy atom. The van der Waals surface area contributed by atoms with Crippen LogP contribution in [0.25, 0.3) is 0 Å². The van der Waals surface area contributed by atoms with E-state index >= 15 is 0 Å². The van der Waals surface area contributed by atoms with Gasteiger partial charge in [-0.1, -0.05) is 43.1 Å². The smallest absolute Gasteiger partial charge is 0.135 e. The Labute approximate surface area is 111 Å². The normalized spacial score (nSPS) is 13.1. The lowest BCUT2D eigenvalue weighted by molar-refractivity contribution is 0.132. The molecule has 0 amide bonds. The van der Waals surface area contributed by atoms with Crippen molar-refractivity contribution in [3.8, 4) is 0 Å². The molecule has 0 radical (unpaired) electrons. The van der Waals surface area contributed by atoms with Crippen molar-refractivity contribution in [1.29, 1.82) is 0 Å². The number of aliphatic hydroxyl groups excluding tert-OH is 1. The largest absolute Gasteiger partial charge is 0.396 e. The maximum atomic E-state index is 9.20. The zero-order valence-electron chi connectivity index (χ0n) is 9.08. The fourth-order valence-corrected chi connectivity index (χ4v) is 1.64. The van der Waals surface area contributed by atoms with Crippen molar-refractivity contribution in [3.05, 3.63) is 28.0 Å². The fraction of sp³-hybridized carbons (Fsp3) is 0.500. The van der Waals surface area contributed by atoms with E-state index < -0.39 is 5.41 Å².